The van der Waals surface area contributed by atoms with Gasteiger partial charge in [0.1, 0.15) is 11.6 Å². The first-order chi connectivity index (χ1) is 13.2. The molecule has 2 heterocycles. The number of carbonyl (C=O) groups excluding carboxylic acids is 1. The van der Waals surface area contributed by atoms with Crippen molar-refractivity contribution in [2.75, 3.05) is 16.8 Å². The van der Waals surface area contributed by atoms with Crippen LogP contribution in [0.3, 0.4) is 0 Å². The van der Waals surface area contributed by atoms with Crippen molar-refractivity contribution in [1.29, 1.82) is 5.26 Å². The standard InChI is InChI=1S/C19H19ClN4O3S/c1-12-18(13(2)24(23-12)17-7-8-28(26,27)11-17)9-14(10-21)19(25)22-16-5-3-15(20)4-6-16/h3-6,9,17H,7-8,11H2,1-2H3,(H,22,25)/b14-9+/t17-/m1/s1. The molecule has 146 valence electrons. The number of nitriles is 1. The molecule has 0 radical (unpaired) electrons. The first kappa shape index (κ1) is 20.1. The highest BCUT2D eigenvalue weighted by molar-refractivity contribution is 7.91. The second kappa shape index (κ2) is 7.78. The van der Waals surface area contributed by atoms with E-state index in [1.54, 1.807) is 35.9 Å². The van der Waals surface area contributed by atoms with E-state index in [2.05, 4.69) is 10.4 Å². The number of aromatic nitrogens is 2. The SMILES string of the molecule is Cc1nn([C@@H]2CCS(=O)(=O)C2)c(C)c1/C=C(\C#N)C(=O)Nc1ccc(Cl)cc1. The van der Waals surface area contributed by atoms with Crippen LogP contribution in [0.5, 0.6) is 0 Å². The Morgan fingerprint density at radius 1 is 1.36 bits per heavy atom. The van der Waals surface area contributed by atoms with Crippen molar-refractivity contribution in [1.82, 2.24) is 9.78 Å². The Balaban J connectivity index is 1.87. The molecule has 1 fully saturated rings. The van der Waals surface area contributed by atoms with Gasteiger partial charge in [-0.15, -0.1) is 0 Å². The van der Waals surface area contributed by atoms with Crippen molar-refractivity contribution in [2.45, 2.75) is 26.3 Å². The van der Waals surface area contributed by atoms with Crippen LogP contribution >= 0.6 is 11.6 Å². The Hall–Kier alpha value is -2.63. The molecule has 1 atom stereocenters. The number of anilines is 1. The molecule has 0 bridgehead atoms. The summed E-state index contributed by atoms with van der Waals surface area (Å²) in [6.07, 6.45) is 2.00. The Morgan fingerprint density at radius 3 is 2.61 bits per heavy atom. The molecule has 3 rings (SSSR count). The van der Waals surface area contributed by atoms with Gasteiger partial charge in [-0.1, -0.05) is 11.6 Å². The third-order valence-electron chi connectivity index (χ3n) is 4.69. The average molecular weight is 419 g/mol. The van der Waals surface area contributed by atoms with Crippen LogP contribution in [0.4, 0.5) is 5.69 Å². The predicted molar refractivity (Wildman–Crippen MR) is 108 cm³/mol. The molecule has 2 aromatic rings. The van der Waals surface area contributed by atoms with Crippen LogP contribution in [-0.4, -0.2) is 35.6 Å². The maximum atomic E-state index is 12.5. The molecule has 0 unspecified atom stereocenters. The molecule has 1 aromatic carbocycles. The van der Waals surface area contributed by atoms with Crippen LogP contribution in [0, 0.1) is 25.2 Å². The number of nitrogens with zero attached hydrogens (tertiary/aromatic N) is 3. The van der Waals surface area contributed by atoms with Gasteiger partial charge in [0, 0.05) is 22.0 Å². The first-order valence-electron chi connectivity index (χ1n) is 8.65. The quantitative estimate of drug-likeness (QED) is 0.606. The first-order valence-corrected chi connectivity index (χ1v) is 10.8. The number of halogens is 1. The van der Waals surface area contributed by atoms with Gasteiger partial charge in [0.05, 0.1) is 23.2 Å². The van der Waals surface area contributed by atoms with Gasteiger partial charge in [-0.2, -0.15) is 10.4 Å². The summed E-state index contributed by atoms with van der Waals surface area (Å²) in [5, 5.41) is 17.1. The Kier molecular flexibility index (Phi) is 5.59. The molecule has 0 saturated carbocycles. The van der Waals surface area contributed by atoms with Gasteiger partial charge < -0.3 is 5.32 Å². The fourth-order valence-electron chi connectivity index (χ4n) is 3.23. The van der Waals surface area contributed by atoms with E-state index in [1.807, 2.05) is 13.0 Å². The van der Waals surface area contributed by atoms with E-state index in [9.17, 15) is 18.5 Å². The zero-order valence-corrected chi connectivity index (χ0v) is 17.0. The molecule has 0 aliphatic carbocycles. The summed E-state index contributed by atoms with van der Waals surface area (Å²) in [5.41, 5.74) is 2.46. The van der Waals surface area contributed by atoms with E-state index in [-0.39, 0.29) is 23.1 Å². The van der Waals surface area contributed by atoms with Gasteiger partial charge in [-0.05, 0) is 50.6 Å². The minimum atomic E-state index is -3.04. The molecule has 1 N–H and O–H groups in total. The van der Waals surface area contributed by atoms with Gasteiger partial charge in [0.2, 0.25) is 0 Å². The van der Waals surface area contributed by atoms with Gasteiger partial charge in [0.25, 0.3) is 5.91 Å². The Morgan fingerprint density at radius 2 is 2.04 bits per heavy atom. The number of aryl methyl sites for hydroxylation is 1. The van der Waals surface area contributed by atoms with Crippen molar-refractivity contribution >= 4 is 39.1 Å². The molecule has 7 nitrogen and oxygen atoms in total. The lowest BCUT2D eigenvalue weighted by Crippen LogP contribution is -2.14. The largest absolute Gasteiger partial charge is 0.321 e. The van der Waals surface area contributed by atoms with E-state index in [1.165, 1.54) is 6.08 Å². The van der Waals surface area contributed by atoms with Crippen LogP contribution in [0.2, 0.25) is 5.02 Å². The zero-order chi connectivity index (χ0) is 20.5. The predicted octanol–water partition coefficient (Wildman–Crippen LogP) is 3.06. The average Bonchev–Trinajstić information content (AvgIpc) is 3.14. The topological polar surface area (TPSA) is 105 Å². The molecule has 1 aromatic heterocycles. The minimum Gasteiger partial charge on any atom is -0.321 e. The van der Waals surface area contributed by atoms with Crippen molar-refractivity contribution in [3.8, 4) is 6.07 Å². The van der Waals surface area contributed by atoms with Crippen molar-refractivity contribution in [3.05, 3.63) is 51.8 Å². The number of carbonyl (C=O) groups is 1. The van der Waals surface area contributed by atoms with E-state index >= 15 is 0 Å². The molecule has 1 saturated heterocycles. The molecule has 9 heteroatoms. The molecule has 1 amide bonds. The number of benzene rings is 1. The summed E-state index contributed by atoms with van der Waals surface area (Å²) in [6, 6.07) is 8.26. The molecular formula is C19H19ClN4O3S. The number of nitrogens with one attached hydrogen (secondary N) is 1. The lowest BCUT2D eigenvalue weighted by molar-refractivity contribution is -0.112. The second-order valence-corrected chi connectivity index (χ2v) is 9.38. The molecule has 1 aliphatic rings. The lowest BCUT2D eigenvalue weighted by Gasteiger charge is -2.11. The van der Waals surface area contributed by atoms with Gasteiger partial charge >= 0.3 is 0 Å². The van der Waals surface area contributed by atoms with Crippen molar-refractivity contribution in [3.63, 3.8) is 0 Å². The zero-order valence-electron chi connectivity index (χ0n) is 15.4. The van der Waals surface area contributed by atoms with Gasteiger partial charge in [0.15, 0.2) is 9.84 Å². The summed E-state index contributed by atoms with van der Waals surface area (Å²) in [4.78, 5) is 12.5. The third-order valence-corrected chi connectivity index (χ3v) is 6.69. The van der Waals surface area contributed by atoms with Crippen LogP contribution in [-0.2, 0) is 14.6 Å². The highest BCUT2D eigenvalue weighted by Gasteiger charge is 2.31. The monoisotopic (exact) mass is 418 g/mol. The Labute approximate surface area is 168 Å². The summed E-state index contributed by atoms with van der Waals surface area (Å²) in [5.74, 6) is -0.339. The summed E-state index contributed by atoms with van der Waals surface area (Å²) in [7, 11) is -3.04. The van der Waals surface area contributed by atoms with E-state index < -0.39 is 15.7 Å². The molecule has 0 spiro atoms. The molecule has 28 heavy (non-hydrogen) atoms. The number of amides is 1. The maximum absolute atomic E-state index is 12.5. The highest BCUT2D eigenvalue weighted by Crippen LogP contribution is 2.28. The summed E-state index contributed by atoms with van der Waals surface area (Å²) < 4.78 is 25.2. The van der Waals surface area contributed by atoms with Crippen LogP contribution in [0.25, 0.3) is 6.08 Å². The van der Waals surface area contributed by atoms with E-state index in [0.29, 0.717) is 28.4 Å². The molecule has 1 aliphatic heterocycles. The maximum Gasteiger partial charge on any atom is 0.266 e. The highest BCUT2D eigenvalue weighted by atomic mass is 35.5. The fraction of sp³-hybridized carbons (Fsp3) is 0.316. The summed E-state index contributed by atoms with van der Waals surface area (Å²) >= 11 is 5.83. The number of hydrogen-bond donors (Lipinski definition) is 1. The Bertz CT molecular complexity index is 1100. The second-order valence-electron chi connectivity index (χ2n) is 6.72. The minimum absolute atomic E-state index is 0.0558. The van der Waals surface area contributed by atoms with Crippen molar-refractivity contribution in [2.24, 2.45) is 0 Å². The normalized spacial score (nSPS) is 18.6. The lowest BCUT2D eigenvalue weighted by atomic mass is 10.1. The third kappa shape index (κ3) is 4.26. The van der Waals surface area contributed by atoms with Crippen molar-refractivity contribution < 1.29 is 13.2 Å². The van der Waals surface area contributed by atoms with E-state index in [0.717, 1.165) is 5.69 Å². The van der Waals surface area contributed by atoms with E-state index in [4.69, 9.17) is 11.6 Å². The van der Waals surface area contributed by atoms with Gasteiger partial charge in [-0.3, -0.25) is 9.48 Å². The summed E-state index contributed by atoms with van der Waals surface area (Å²) in [6.45, 7) is 3.58. The smallest absolute Gasteiger partial charge is 0.266 e. The van der Waals surface area contributed by atoms with Crippen LogP contribution in [0.1, 0.15) is 29.4 Å². The van der Waals surface area contributed by atoms with Crippen LogP contribution in [0.15, 0.2) is 29.8 Å². The molecular weight excluding hydrogens is 400 g/mol. The fourth-order valence-corrected chi connectivity index (χ4v) is 5.05. The number of sulfone groups is 1. The number of rotatable bonds is 4. The van der Waals surface area contributed by atoms with Gasteiger partial charge in [-0.25, -0.2) is 8.42 Å². The van der Waals surface area contributed by atoms with Crippen LogP contribution < -0.4 is 5.32 Å². The number of hydrogen-bond acceptors (Lipinski definition) is 5.